The van der Waals surface area contributed by atoms with Crippen LogP contribution in [0.5, 0.6) is 0 Å². The van der Waals surface area contributed by atoms with Crippen molar-refractivity contribution in [2.24, 2.45) is 0 Å². The number of aliphatic hydroxyl groups excluding tert-OH is 1. The lowest BCUT2D eigenvalue weighted by atomic mass is 10.4. The average molecular weight is 299 g/mol. The molecule has 9 heteroatoms. The fraction of sp³-hybridized carbons (Fsp3) is 0.500. The molecular weight excluding hydrogens is 284 g/mol. The number of hydrogen-bond acceptors (Lipinski definition) is 5. The number of amides is 1. The average Bonchev–Trinajstić information content (AvgIpc) is 2.81. The molecule has 1 amide bonds. The quantitative estimate of drug-likeness (QED) is 0.866. The third kappa shape index (κ3) is 3.30. The van der Waals surface area contributed by atoms with Gasteiger partial charge in [-0.3, -0.25) is 4.79 Å². The Morgan fingerprint density at radius 1 is 1.43 bits per heavy atom. The van der Waals surface area contributed by atoms with E-state index in [1.807, 2.05) is 0 Å². The Labute approximate surface area is 119 Å². The largest absolute Gasteiger partial charge is 0.395 e. The molecule has 114 valence electrons. The van der Waals surface area contributed by atoms with Crippen molar-refractivity contribution in [3.63, 3.8) is 0 Å². The molecule has 0 aliphatic carbocycles. The summed E-state index contributed by atoms with van der Waals surface area (Å²) in [5.41, 5.74) is 1.44. The highest BCUT2D eigenvalue weighted by molar-refractivity contribution is 5.90. The highest BCUT2D eigenvalue weighted by Gasteiger charge is 2.23. The number of carbonyl (C=O) groups excluding carboxylic acids is 1. The maximum atomic E-state index is 12.5. The van der Waals surface area contributed by atoms with Crippen LogP contribution in [-0.4, -0.2) is 61.6 Å². The second kappa shape index (κ2) is 6.08. The number of carbonyl (C=O) groups is 1. The van der Waals surface area contributed by atoms with E-state index in [9.17, 15) is 13.6 Å². The molecule has 0 bridgehead atoms. The molecule has 21 heavy (non-hydrogen) atoms. The fourth-order valence-corrected chi connectivity index (χ4v) is 1.96. The van der Waals surface area contributed by atoms with Gasteiger partial charge in [0.15, 0.2) is 0 Å². The number of nitrogens with zero attached hydrogens (tertiary/aromatic N) is 5. The first-order valence-corrected chi connectivity index (χ1v) is 6.31. The zero-order valence-corrected chi connectivity index (χ0v) is 11.6. The molecule has 1 N–H and O–H groups in total. The van der Waals surface area contributed by atoms with Crippen LogP contribution in [0.1, 0.15) is 22.0 Å². The summed E-state index contributed by atoms with van der Waals surface area (Å²) in [7, 11) is 0. The van der Waals surface area contributed by atoms with Crippen molar-refractivity contribution in [1.82, 2.24) is 24.5 Å². The summed E-state index contributed by atoms with van der Waals surface area (Å²) in [5.74, 6) is -0.742. The van der Waals surface area contributed by atoms with Gasteiger partial charge in [-0.05, 0) is 19.9 Å². The number of rotatable bonds is 5. The van der Waals surface area contributed by atoms with E-state index in [1.165, 1.54) is 4.52 Å². The van der Waals surface area contributed by atoms with Gasteiger partial charge in [0.1, 0.15) is 0 Å². The lowest BCUT2D eigenvalue weighted by Gasteiger charge is -2.19. The molecule has 0 saturated heterocycles. The summed E-state index contributed by atoms with van der Waals surface area (Å²) < 4.78 is 26.3. The normalized spacial score (nSPS) is 11.3. The van der Waals surface area contributed by atoms with Crippen molar-refractivity contribution in [1.29, 1.82) is 0 Å². The van der Waals surface area contributed by atoms with Crippen LogP contribution in [0, 0.1) is 13.8 Å². The molecule has 7 nitrogen and oxygen atoms in total. The molecule has 0 aliphatic rings. The van der Waals surface area contributed by atoms with E-state index in [0.29, 0.717) is 5.69 Å². The van der Waals surface area contributed by atoms with Gasteiger partial charge >= 0.3 is 0 Å². The van der Waals surface area contributed by atoms with Crippen LogP contribution in [-0.2, 0) is 0 Å². The third-order valence-corrected chi connectivity index (χ3v) is 2.83. The monoisotopic (exact) mass is 299 g/mol. The number of hydrogen-bond donors (Lipinski definition) is 1. The number of halogens is 2. The molecule has 2 aromatic rings. The lowest BCUT2D eigenvalue weighted by molar-refractivity contribution is 0.0499. The highest BCUT2D eigenvalue weighted by Crippen LogP contribution is 2.08. The maximum Gasteiger partial charge on any atom is 0.293 e. The molecule has 0 fully saturated rings. The van der Waals surface area contributed by atoms with Gasteiger partial charge in [0, 0.05) is 17.9 Å². The molecule has 2 rings (SSSR count). The number of aromatic nitrogens is 4. The SMILES string of the molecule is Cc1cc(C)n2nc(C(=O)N(CCO)CC(F)F)nc2n1. The number of fused-ring (bicyclic) bond motifs is 1. The molecule has 0 spiro atoms. The van der Waals surface area contributed by atoms with Crippen molar-refractivity contribution in [2.45, 2.75) is 20.3 Å². The van der Waals surface area contributed by atoms with E-state index in [-0.39, 0.29) is 18.1 Å². The zero-order chi connectivity index (χ0) is 15.6. The van der Waals surface area contributed by atoms with Gasteiger partial charge in [-0.2, -0.15) is 4.98 Å². The van der Waals surface area contributed by atoms with Gasteiger partial charge in [0.25, 0.3) is 18.1 Å². The van der Waals surface area contributed by atoms with Gasteiger partial charge in [0.2, 0.25) is 5.82 Å². The van der Waals surface area contributed by atoms with Gasteiger partial charge in [-0.25, -0.2) is 18.3 Å². The van der Waals surface area contributed by atoms with E-state index in [1.54, 1.807) is 19.9 Å². The molecule has 2 heterocycles. The molecule has 0 saturated carbocycles. The maximum absolute atomic E-state index is 12.5. The number of aliphatic hydroxyl groups is 1. The summed E-state index contributed by atoms with van der Waals surface area (Å²) in [6.45, 7) is 2.15. The van der Waals surface area contributed by atoms with Crippen LogP contribution in [0.2, 0.25) is 0 Å². The van der Waals surface area contributed by atoms with Crippen LogP contribution in [0.15, 0.2) is 6.07 Å². The second-order valence-corrected chi connectivity index (χ2v) is 4.55. The Hall–Kier alpha value is -2.16. The van der Waals surface area contributed by atoms with Crippen LogP contribution >= 0.6 is 0 Å². The summed E-state index contributed by atoms with van der Waals surface area (Å²) in [6.07, 6.45) is -2.69. The Kier molecular flexibility index (Phi) is 4.41. The van der Waals surface area contributed by atoms with Crippen molar-refractivity contribution in [3.8, 4) is 0 Å². The van der Waals surface area contributed by atoms with Gasteiger partial charge in [0.05, 0.1) is 13.2 Å². The molecule has 0 atom stereocenters. The minimum atomic E-state index is -2.69. The van der Waals surface area contributed by atoms with Crippen LogP contribution in [0.4, 0.5) is 8.78 Å². The molecule has 0 radical (unpaired) electrons. The predicted molar refractivity (Wildman–Crippen MR) is 69.2 cm³/mol. The molecule has 0 aromatic carbocycles. The van der Waals surface area contributed by atoms with E-state index >= 15 is 0 Å². The van der Waals surface area contributed by atoms with Crippen LogP contribution in [0.25, 0.3) is 5.78 Å². The first-order chi connectivity index (χ1) is 9.92. The Morgan fingerprint density at radius 3 is 2.76 bits per heavy atom. The van der Waals surface area contributed by atoms with E-state index < -0.39 is 25.5 Å². The standard InChI is InChI=1S/C12H15F2N5O2/c1-7-5-8(2)19-12(15-7)16-10(17-19)11(21)18(3-4-20)6-9(13)14/h5,9,20H,3-4,6H2,1-2H3. The highest BCUT2D eigenvalue weighted by atomic mass is 19.3. The van der Waals surface area contributed by atoms with E-state index in [4.69, 9.17) is 5.11 Å². The van der Waals surface area contributed by atoms with Crippen LogP contribution < -0.4 is 0 Å². The van der Waals surface area contributed by atoms with E-state index in [0.717, 1.165) is 10.6 Å². The fourth-order valence-electron chi connectivity index (χ4n) is 1.96. The van der Waals surface area contributed by atoms with E-state index in [2.05, 4.69) is 15.1 Å². The number of aryl methyl sites for hydroxylation is 2. The topological polar surface area (TPSA) is 83.6 Å². The first kappa shape index (κ1) is 15.2. The van der Waals surface area contributed by atoms with Crippen molar-refractivity contribution in [3.05, 3.63) is 23.3 Å². The second-order valence-electron chi connectivity index (χ2n) is 4.55. The Morgan fingerprint density at radius 2 is 2.14 bits per heavy atom. The third-order valence-electron chi connectivity index (χ3n) is 2.83. The smallest absolute Gasteiger partial charge is 0.293 e. The summed E-state index contributed by atoms with van der Waals surface area (Å²) in [5, 5.41) is 12.9. The Balaban J connectivity index is 2.35. The molecule has 2 aromatic heterocycles. The Bertz CT molecular complexity index is 658. The molecule has 0 aliphatic heterocycles. The predicted octanol–water partition coefficient (Wildman–Crippen LogP) is 0.441. The zero-order valence-electron chi connectivity index (χ0n) is 11.6. The minimum Gasteiger partial charge on any atom is -0.395 e. The number of alkyl halides is 2. The van der Waals surface area contributed by atoms with Crippen molar-refractivity contribution in [2.75, 3.05) is 19.7 Å². The molecule has 0 unspecified atom stereocenters. The van der Waals surface area contributed by atoms with Gasteiger partial charge in [-0.15, -0.1) is 5.10 Å². The van der Waals surface area contributed by atoms with Crippen LogP contribution in [0.3, 0.4) is 0 Å². The first-order valence-electron chi connectivity index (χ1n) is 6.31. The summed E-state index contributed by atoms with van der Waals surface area (Å²) in [4.78, 5) is 21.1. The van der Waals surface area contributed by atoms with Gasteiger partial charge < -0.3 is 10.0 Å². The molecular formula is C12H15F2N5O2. The minimum absolute atomic E-state index is 0.204. The van der Waals surface area contributed by atoms with Crippen molar-refractivity contribution >= 4 is 11.7 Å². The summed E-state index contributed by atoms with van der Waals surface area (Å²) >= 11 is 0. The van der Waals surface area contributed by atoms with Gasteiger partial charge in [-0.1, -0.05) is 0 Å². The van der Waals surface area contributed by atoms with Crippen molar-refractivity contribution < 1.29 is 18.7 Å². The summed E-state index contributed by atoms with van der Waals surface area (Å²) in [6, 6.07) is 1.76. The lowest BCUT2D eigenvalue weighted by Crippen LogP contribution is -2.37.